The highest BCUT2D eigenvalue weighted by atomic mass is 16.5. The van der Waals surface area contributed by atoms with Gasteiger partial charge < -0.3 is 15.3 Å². The largest absolute Gasteiger partial charge is 0.490 e. The SMILES string of the molecule is C#CCCCC1CC(Oc2ccc3c(c2)C(=O)N(C(CCC(C)=O)C(N)=O)C3=O)C1. The van der Waals surface area contributed by atoms with Gasteiger partial charge in [0.15, 0.2) is 0 Å². The van der Waals surface area contributed by atoms with Crippen LogP contribution < -0.4 is 10.5 Å². The molecule has 1 aliphatic carbocycles. The summed E-state index contributed by atoms with van der Waals surface area (Å²) < 4.78 is 5.96. The third-order valence-electron chi connectivity index (χ3n) is 5.73. The summed E-state index contributed by atoms with van der Waals surface area (Å²) in [5.74, 6) is 1.64. The standard InChI is InChI=1S/C23H26N2O5/c1-3-4-5-6-15-11-17(12-15)30-16-8-9-18-19(13-16)23(29)25(22(18)28)20(21(24)27)10-7-14(2)26/h1,8-9,13,15,17,20H,4-7,10-12H2,2H3,(H2,24,27). The number of nitrogens with two attached hydrogens (primary N) is 1. The number of hydrogen-bond donors (Lipinski definition) is 1. The number of imide groups is 1. The number of benzene rings is 1. The van der Waals surface area contributed by atoms with Crippen molar-refractivity contribution < 1.29 is 23.9 Å². The summed E-state index contributed by atoms with van der Waals surface area (Å²) in [6.07, 6.45) is 10.2. The maximum Gasteiger partial charge on any atom is 0.262 e. The zero-order valence-corrected chi connectivity index (χ0v) is 17.1. The number of nitrogens with zero attached hydrogens (tertiary/aromatic N) is 1. The number of fused-ring (bicyclic) bond motifs is 1. The second kappa shape index (κ2) is 9.12. The Hall–Kier alpha value is -3.14. The average molecular weight is 410 g/mol. The van der Waals surface area contributed by atoms with Gasteiger partial charge in [-0.15, -0.1) is 12.3 Å². The van der Waals surface area contributed by atoms with E-state index in [1.54, 1.807) is 12.1 Å². The van der Waals surface area contributed by atoms with Crippen molar-refractivity contribution in [3.8, 4) is 18.1 Å². The second-order valence-electron chi connectivity index (χ2n) is 8.02. The van der Waals surface area contributed by atoms with E-state index in [4.69, 9.17) is 16.9 Å². The van der Waals surface area contributed by atoms with Crippen LogP contribution in [-0.4, -0.2) is 40.6 Å². The van der Waals surface area contributed by atoms with Crippen molar-refractivity contribution in [2.24, 2.45) is 11.7 Å². The Balaban J connectivity index is 1.66. The van der Waals surface area contributed by atoms with Gasteiger partial charge in [0.2, 0.25) is 5.91 Å². The lowest BCUT2D eigenvalue weighted by Crippen LogP contribution is -2.48. The van der Waals surface area contributed by atoms with E-state index in [2.05, 4.69) is 5.92 Å². The van der Waals surface area contributed by atoms with Crippen LogP contribution in [0.2, 0.25) is 0 Å². The van der Waals surface area contributed by atoms with E-state index < -0.39 is 23.8 Å². The van der Waals surface area contributed by atoms with Crippen molar-refractivity contribution >= 4 is 23.5 Å². The van der Waals surface area contributed by atoms with Crippen LogP contribution in [0.15, 0.2) is 18.2 Å². The maximum atomic E-state index is 12.9. The Bertz CT molecular complexity index is 911. The fraction of sp³-hybridized carbons (Fsp3) is 0.478. The number of Topliss-reactive ketones (excluding diaryl/α,β-unsaturated/α-hetero) is 1. The maximum absolute atomic E-state index is 12.9. The molecule has 0 bridgehead atoms. The Labute approximate surface area is 175 Å². The van der Waals surface area contributed by atoms with Crippen LogP contribution in [0.4, 0.5) is 0 Å². The Morgan fingerprint density at radius 1 is 1.27 bits per heavy atom. The highest BCUT2D eigenvalue weighted by Crippen LogP contribution is 2.36. The van der Waals surface area contributed by atoms with Gasteiger partial charge >= 0.3 is 0 Å². The molecule has 3 rings (SSSR count). The van der Waals surface area contributed by atoms with Gasteiger partial charge in [-0.05, 0) is 63.1 Å². The number of primary amides is 1. The molecule has 1 aliphatic heterocycles. The minimum Gasteiger partial charge on any atom is -0.490 e. The Kier molecular flexibility index (Phi) is 6.56. The second-order valence-corrected chi connectivity index (χ2v) is 8.02. The van der Waals surface area contributed by atoms with Crippen molar-refractivity contribution in [2.75, 3.05) is 0 Å². The molecule has 1 atom stereocenters. The molecule has 0 saturated heterocycles. The molecule has 3 amide bonds. The highest BCUT2D eigenvalue weighted by Gasteiger charge is 2.42. The van der Waals surface area contributed by atoms with Crippen molar-refractivity contribution in [1.29, 1.82) is 0 Å². The summed E-state index contributed by atoms with van der Waals surface area (Å²) in [5, 5.41) is 0. The van der Waals surface area contributed by atoms with Crippen LogP contribution >= 0.6 is 0 Å². The summed E-state index contributed by atoms with van der Waals surface area (Å²) >= 11 is 0. The predicted octanol–water partition coefficient (Wildman–Crippen LogP) is 2.47. The molecule has 0 aromatic heterocycles. The summed E-state index contributed by atoms with van der Waals surface area (Å²) in [4.78, 5) is 49.6. The van der Waals surface area contributed by atoms with E-state index in [-0.39, 0.29) is 35.9 Å². The normalized spacial score (nSPS) is 20.9. The van der Waals surface area contributed by atoms with Crippen molar-refractivity contribution in [2.45, 2.75) is 64.0 Å². The molecule has 1 fully saturated rings. The summed E-state index contributed by atoms with van der Waals surface area (Å²) in [6, 6.07) is 3.59. The lowest BCUT2D eigenvalue weighted by atomic mass is 9.79. The van der Waals surface area contributed by atoms with Gasteiger partial charge in [-0.2, -0.15) is 0 Å². The van der Waals surface area contributed by atoms with E-state index in [0.717, 1.165) is 37.0 Å². The first-order valence-electron chi connectivity index (χ1n) is 10.2. The van der Waals surface area contributed by atoms with Gasteiger partial charge in [0.25, 0.3) is 11.8 Å². The van der Waals surface area contributed by atoms with Gasteiger partial charge in [-0.25, -0.2) is 0 Å². The van der Waals surface area contributed by atoms with E-state index in [1.807, 2.05) is 0 Å². The van der Waals surface area contributed by atoms with E-state index >= 15 is 0 Å². The first-order valence-corrected chi connectivity index (χ1v) is 10.2. The van der Waals surface area contributed by atoms with Gasteiger partial charge in [-0.1, -0.05) is 0 Å². The lowest BCUT2D eigenvalue weighted by molar-refractivity contribution is -0.122. The van der Waals surface area contributed by atoms with Gasteiger partial charge in [-0.3, -0.25) is 19.3 Å². The fourth-order valence-corrected chi connectivity index (χ4v) is 4.03. The number of terminal acetylenes is 1. The number of rotatable bonds is 10. The molecule has 1 saturated carbocycles. The Morgan fingerprint density at radius 2 is 1.97 bits per heavy atom. The van der Waals surface area contributed by atoms with Crippen LogP contribution in [0.5, 0.6) is 5.75 Å². The van der Waals surface area contributed by atoms with Crippen molar-refractivity contribution in [3.63, 3.8) is 0 Å². The lowest BCUT2D eigenvalue weighted by Gasteiger charge is -2.35. The van der Waals surface area contributed by atoms with Crippen LogP contribution in [0.1, 0.15) is 72.6 Å². The molecule has 1 heterocycles. The van der Waals surface area contributed by atoms with Gasteiger partial charge in [0.05, 0.1) is 17.2 Å². The first kappa shape index (κ1) is 21.6. The van der Waals surface area contributed by atoms with Gasteiger partial charge in [0, 0.05) is 12.8 Å². The van der Waals surface area contributed by atoms with E-state index in [1.165, 1.54) is 13.0 Å². The molecule has 30 heavy (non-hydrogen) atoms. The number of carbonyl (C=O) groups excluding carboxylic acids is 4. The number of ether oxygens (including phenoxy) is 1. The average Bonchev–Trinajstić information content (AvgIpc) is 2.90. The molecule has 1 aromatic rings. The minimum atomic E-state index is -1.15. The smallest absolute Gasteiger partial charge is 0.262 e. The molecule has 2 aliphatic rings. The van der Waals surface area contributed by atoms with Gasteiger partial charge in [0.1, 0.15) is 17.6 Å². The molecule has 7 heteroatoms. The van der Waals surface area contributed by atoms with Crippen LogP contribution in [-0.2, 0) is 9.59 Å². The summed E-state index contributed by atoms with van der Waals surface area (Å²) in [7, 11) is 0. The molecule has 1 unspecified atom stereocenters. The monoisotopic (exact) mass is 410 g/mol. The van der Waals surface area contributed by atoms with Crippen LogP contribution in [0.25, 0.3) is 0 Å². The predicted molar refractivity (Wildman–Crippen MR) is 110 cm³/mol. The van der Waals surface area contributed by atoms with Crippen LogP contribution in [0, 0.1) is 18.3 Å². The number of amides is 3. The fourth-order valence-electron chi connectivity index (χ4n) is 4.03. The number of ketones is 1. The molecule has 2 N–H and O–H groups in total. The zero-order valence-electron chi connectivity index (χ0n) is 17.1. The third-order valence-corrected chi connectivity index (χ3v) is 5.73. The molecule has 7 nitrogen and oxygen atoms in total. The Morgan fingerprint density at radius 3 is 2.60 bits per heavy atom. The zero-order chi connectivity index (χ0) is 21.8. The topological polar surface area (TPSA) is 107 Å². The van der Waals surface area contributed by atoms with Crippen molar-refractivity contribution in [3.05, 3.63) is 29.3 Å². The number of carbonyl (C=O) groups is 4. The first-order chi connectivity index (χ1) is 14.3. The molecule has 0 spiro atoms. The quantitative estimate of drug-likeness (QED) is 0.362. The summed E-state index contributed by atoms with van der Waals surface area (Å²) in [5.41, 5.74) is 5.81. The molecular formula is C23H26N2O5. The van der Waals surface area contributed by atoms with E-state index in [9.17, 15) is 19.2 Å². The van der Waals surface area contributed by atoms with E-state index in [0.29, 0.717) is 11.7 Å². The third kappa shape index (κ3) is 4.54. The highest BCUT2D eigenvalue weighted by molar-refractivity contribution is 6.23. The van der Waals surface area contributed by atoms with Crippen LogP contribution in [0.3, 0.4) is 0 Å². The molecular weight excluding hydrogens is 384 g/mol. The summed E-state index contributed by atoms with van der Waals surface area (Å²) in [6.45, 7) is 1.38. The molecule has 158 valence electrons. The molecule has 1 aromatic carbocycles. The molecule has 0 radical (unpaired) electrons. The number of hydrogen-bond acceptors (Lipinski definition) is 5. The van der Waals surface area contributed by atoms with Crippen molar-refractivity contribution in [1.82, 2.24) is 4.90 Å². The minimum absolute atomic E-state index is 0.0165. The number of unbranched alkanes of at least 4 members (excludes halogenated alkanes) is 1.